The van der Waals surface area contributed by atoms with Crippen LogP contribution in [0.2, 0.25) is 0 Å². The fraction of sp³-hybridized carbons (Fsp3) is 0.526. The van der Waals surface area contributed by atoms with Crippen molar-refractivity contribution in [2.45, 2.75) is 70.5 Å². The number of hydrogen-bond donors (Lipinski definition) is 1. The molecular formula is C38H42BrF6N7O4. The van der Waals surface area contributed by atoms with E-state index in [0.29, 0.717) is 82.3 Å². The summed E-state index contributed by atoms with van der Waals surface area (Å²) in [5.41, 5.74) is 1.20. The summed E-state index contributed by atoms with van der Waals surface area (Å²) >= 11 is 3.60. The molecule has 2 aromatic heterocycles. The van der Waals surface area contributed by atoms with Gasteiger partial charge in [0.15, 0.2) is 12.4 Å². The second kappa shape index (κ2) is 14.9. The Kier molecular flexibility index (Phi) is 10.6. The van der Waals surface area contributed by atoms with Gasteiger partial charge in [-0.05, 0) is 70.2 Å². The maximum atomic E-state index is 14.0. The van der Waals surface area contributed by atoms with Gasteiger partial charge in [0.25, 0.3) is 0 Å². The summed E-state index contributed by atoms with van der Waals surface area (Å²) in [4.78, 5) is 27.3. The molecule has 0 bridgehead atoms. The van der Waals surface area contributed by atoms with Crippen LogP contribution in [-0.4, -0.2) is 113 Å². The Hall–Kier alpha value is -4.32. The van der Waals surface area contributed by atoms with E-state index in [1.165, 1.54) is 11.0 Å². The number of anilines is 1. The van der Waals surface area contributed by atoms with Crippen molar-refractivity contribution in [3.63, 3.8) is 0 Å². The minimum Gasteiger partial charge on any atom is -0.481 e. The van der Waals surface area contributed by atoms with E-state index in [2.05, 4.69) is 32.7 Å². The molecule has 1 amide bonds. The number of hydrogen-bond acceptors (Lipinski definition) is 9. The summed E-state index contributed by atoms with van der Waals surface area (Å²) in [5.74, 6) is 0.239. The highest BCUT2D eigenvalue weighted by atomic mass is 79.9. The molecule has 3 fully saturated rings. The summed E-state index contributed by atoms with van der Waals surface area (Å²) in [6.45, 7) is 9.16. The zero-order chi connectivity index (χ0) is 40.2. The van der Waals surface area contributed by atoms with Crippen LogP contribution in [0.1, 0.15) is 52.0 Å². The number of fused-ring (bicyclic) bond motifs is 2. The number of ether oxygens (including phenoxy) is 3. The van der Waals surface area contributed by atoms with Gasteiger partial charge in [0.05, 0.1) is 18.3 Å². The fourth-order valence-electron chi connectivity index (χ4n) is 7.79. The van der Waals surface area contributed by atoms with Crippen molar-refractivity contribution in [2.24, 2.45) is 5.41 Å². The van der Waals surface area contributed by atoms with Crippen LogP contribution in [0.5, 0.6) is 11.8 Å². The minimum absolute atomic E-state index is 0.0665. The van der Waals surface area contributed by atoms with Crippen LogP contribution in [0.3, 0.4) is 0 Å². The summed E-state index contributed by atoms with van der Waals surface area (Å²) < 4.78 is 99.3. The number of halogens is 7. The Labute approximate surface area is 327 Å². The van der Waals surface area contributed by atoms with Gasteiger partial charge >= 0.3 is 24.5 Å². The predicted octanol–water partition coefficient (Wildman–Crippen LogP) is 8.76. The summed E-state index contributed by atoms with van der Waals surface area (Å²) in [7, 11) is 0. The van der Waals surface area contributed by atoms with Crippen molar-refractivity contribution in [1.29, 1.82) is 0 Å². The largest absolute Gasteiger partial charge is 0.481 e. The van der Waals surface area contributed by atoms with Gasteiger partial charge in [0.1, 0.15) is 23.0 Å². The number of nitrogens with zero attached hydrogens (tertiary/aromatic N) is 6. The molecule has 302 valence electrons. The number of benzene rings is 2. The van der Waals surface area contributed by atoms with Gasteiger partial charge in [-0.2, -0.15) is 41.4 Å². The molecule has 1 N–H and O–H groups in total. The van der Waals surface area contributed by atoms with E-state index < -0.39 is 37.2 Å². The molecule has 18 heteroatoms. The van der Waals surface area contributed by atoms with Crippen LogP contribution >= 0.6 is 15.9 Å². The lowest BCUT2D eigenvalue weighted by atomic mass is 9.72. The third kappa shape index (κ3) is 8.65. The third-order valence-electron chi connectivity index (χ3n) is 10.4. The molecule has 11 nitrogen and oxygen atoms in total. The fourth-order valence-corrected chi connectivity index (χ4v) is 8.33. The first-order valence-corrected chi connectivity index (χ1v) is 19.1. The number of carbonyl (C=O) groups excluding carboxylic acids is 1. The molecule has 3 aliphatic heterocycles. The van der Waals surface area contributed by atoms with Crippen LogP contribution in [0.15, 0.2) is 35.4 Å². The number of likely N-dealkylation sites (tertiary alicyclic amines) is 2. The highest BCUT2D eigenvalue weighted by Gasteiger charge is 2.48. The molecule has 4 aromatic rings. The van der Waals surface area contributed by atoms with Crippen LogP contribution in [0.4, 0.5) is 37.0 Å². The molecule has 0 saturated carbocycles. The molecule has 0 atom stereocenters. The number of carbonyl (C=O) groups is 1. The Morgan fingerprint density at radius 2 is 1.70 bits per heavy atom. The molecule has 3 aliphatic rings. The molecule has 5 heterocycles. The van der Waals surface area contributed by atoms with Crippen molar-refractivity contribution in [3.05, 3.63) is 41.0 Å². The lowest BCUT2D eigenvalue weighted by molar-refractivity contribution is -0.153. The first-order valence-electron chi connectivity index (χ1n) is 18.3. The second-order valence-corrected chi connectivity index (χ2v) is 16.6. The molecule has 0 aliphatic carbocycles. The van der Waals surface area contributed by atoms with E-state index in [-0.39, 0.29) is 54.7 Å². The molecule has 7 rings (SSSR count). The highest BCUT2D eigenvalue weighted by molar-refractivity contribution is 9.10. The monoisotopic (exact) mass is 853 g/mol. The first kappa shape index (κ1) is 39.9. The number of H-pyrrole nitrogens is 1. The number of aromatic amines is 1. The second-order valence-electron chi connectivity index (χ2n) is 15.8. The summed E-state index contributed by atoms with van der Waals surface area (Å²) in [6.07, 6.45) is -4.91. The standard InChI is InChI=1S/C38H42BrF6N7O4/c1-5-22-16-24-30(31(54-21-38(43,44)45)28(22)29-25-17-46-49-27(25)7-6-26(29)39)47-33(55-23-8-12-50(13-9-23)20-37(40,41)42)48-32(24)51-14-10-36(11-15-51)18-52(19-36)34(53)56-35(2,3)4/h5-7,16-17,23H,1,8-15,18-21H2,2-4H3,(H,46,49). The first-order chi connectivity index (χ1) is 26.3. The van der Waals surface area contributed by atoms with E-state index in [4.69, 9.17) is 24.2 Å². The van der Waals surface area contributed by atoms with Crippen LogP contribution in [0, 0.1) is 5.41 Å². The average molecular weight is 855 g/mol. The van der Waals surface area contributed by atoms with Crippen molar-refractivity contribution in [1.82, 2.24) is 30.0 Å². The Morgan fingerprint density at radius 3 is 2.32 bits per heavy atom. The number of nitrogens with one attached hydrogen (secondary N) is 1. The van der Waals surface area contributed by atoms with Crippen molar-refractivity contribution in [2.75, 3.05) is 57.3 Å². The average Bonchev–Trinajstić information content (AvgIpc) is 3.57. The number of aromatic nitrogens is 4. The van der Waals surface area contributed by atoms with Gasteiger partial charge in [-0.1, -0.05) is 28.6 Å². The van der Waals surface area contributed by atoms with E-state index in [0.717, 1.165) is 0 Å². The molecule has 0 radical (unpaired) electrons. The van der Waals surface area contributed by atoms with Gasteiger partial charge in [-0.25, -0.2) is 4.79 Å². The minimum atomic E-state index is -4.70. The van der Waals surface area contributed by atoms with Crippen LogP contribution in [0.25, 0.3) is 39.0 Å². The Bertz CT molecular complexity index is 2110. The van der Waals surface area contributed by atoms with Crippen LogP contribution < -0.4 is 14.4 Å². The van der Waals surface area contributed by atoms with Crippen molar-refractivity contribution < 1.29 is 45.3 Å². The van der Waals surface area contributed by atoms with Crippen LogP contribution in [-0.2, 0) is 4.74 Å². The van der Waals surface area contributed by atoms with Gasteiger partial charge in [0.2, 0.25) is 0 Å². The number of rotatable bonds is 8. The summed E-state index contributed by atoms with van der Waals surface area (Å²) in [6, 6.07) is 5.18. The SMILES string of the molecule is C=Cc1cc2c(N3CCC4(CC3)CN(C(=O)OC(C)(C)C)C4)nc(OC3CCN(CC(F)(F)F)CC3)nc2c(OCC(F)(F)F)c1-c1c(Br)ccc2[nH]ncc12. The van der Waals surface area contributed by atoms with E-state index in [9.17, 15) is 31.1 Å². The normalized spacial score (nSPS) is 18.4. The maximum Gasteiger partial charge on any atom is 0.422 e. The van der Waals surface area contributed by atoms with Gasteiger partial charge < -0.3 is 24.0 Å². The van der Waals surface area contributed by atoms with Gasteiger partial charge in [-0.15, -0.1) is 0 Å². The van der Waals surface area contributed by atoms with Gasteiger partial charge in [-0.3, -0.25) is 10.00 Å². The van der Waals surface area contributed by atoms with E-state index in [1.807, 2.05) is 25.7 Å². The van der Waals surface area contributed by atoms with Crippen molar-refractivity contribution >= 4 is 55.7 Å². The third-order valence-corrected chi connectivity index (χ3v) is 11.1. The molecule has 1 spiro atoms. The molecule has 3 saturated heterocycles. The highest BCUT2D eigenvalue weighted by Crippen LogP contribution is 2.49. The number of alkyl halides is 6. The molecule has 0 unspecified atom stereocenters. The van der Waals surface area contributed by atoms with Gasteiger partial charge in [0, 0.05) is 71.1 Å². The number of amides is 1. The lowest BCUT2D eigenvalue weighted by Gasteiger charge is -2.53. The lowest BCUT2D eigenvalue weighted by Crippen LogP contribution is -2.62. The predicted molar refractivity (Wildman–Crippen MR) is 202 cm³/mol. The van der Waals surface area contributed by atoms with E-state index in [1.54, 1.807) is 29.3 Å². The quantitative estimate of drug-likeness (QED) is 0.174. The molecule has 2 aromatic carbocycles. The smallest absolute Gasteiger partial charge is 0.422 e. The van der Waals surface area contributed by atoms with Crippen molar-refractivity contribution in [3.8, 4) is 22.9 Å². The number of piperidine rings is 2. The zero-order valence-electron chi connectivity index (χ0n) is 31.1. The molecular weight excluding hydrogens is 812 g/mol. The van der Waals surface area contributed by atoms with E-state index >= 15 is 0 Å². The Balaban J connectivity index is 1.29. The molecule has 56 heavy (non-hydrogen) atoms. The summed E-state index contributed by atoms with van der Waals surface area (Å²) in [5, 5.41) is 8.07. The maximum absolute atomic E-state index is 14.0. The topological polar surface area (TPSA) is 109 Å². The zero-order valence-corrected chi connectivity index (χ0v) is 32.7. The Morgan fingerprint density at radius 1 is 1.00 bits per heavy atom.